The van der Waals surface area contributed by atoms with Gasteiger partial charge in [-0.1, -0.05) is 41.5 Å². The van der Waals surface area contributed by atoms with Crippen molar-refractivity contribution in [3.63, 3.8) is 0 Å². The summed E-state index contributed by atoms with van der Waals surface area (Å²) in [6, 6.07) is -10.6. The molecule has 0 unspecified atom stereocenters. The number of amides is 7. The minimum atomic E-state index is -1.78. The number of rotatable bonds is 29. The summed E-state index contributed by atoms with van der Waals surface area (Å²) >= 11 is 0. The highest BCUT2D eigenvalue weighted by Crippen LogP contribution is 2.12. The maximum Gasteiger partial charge on any atom is 0.326 e. The summed E-state index contributed by atoms with van der Waals surface area (Å²) in [5, 5.41) is 45.3. The summed E-state index contributed by atoms with van der Waals surface area (Å²) in [6.45, 7) is 13.2. The zero-order chi connectivity index (χ0) is 46.4. The molecule has 0 spiro atoms. The Labute approximate surface area is 350 Å². The molecule has 8 atom stereocenters. The molecule has 22 heteroatoms. The highest BCUT2D eigenvalue weighted by Gasteiger charge is 2.35. The van der Waals surface area contributed by atoms with E-state index in [-0.39, 0.29) is 44.1 Å². The summed E-state index contributed by atoms with van der Waals surface area (Å²) < 4.78 is 0. The van der Waals surface area contributed by atoms with Gasteiger partial charge in [-0.2, -0.15) is 0 Å². The molecule has 0 rings (SSSR count). The molecular formula is C38H67N9O13. The van der Waals surface area contributed by atoms with E-state index in [1.165, 1.54) is 13.8 Å². The van der Waals surface area contributed by atoms with Gasteiger partial charge in [-0.05, 0) is 76.7 Å². The van der Waals surface area contributed by atoms with Crippen LogP contribution in [0.1, 0.15) is 107 Å². The molecular weight excluding hydrogens is 790 g/mol. The van der Waals surface area contributed by atoms with E-state index in [2.05, 4.69) is 37.2 Å². The Bertz CT molecular complexity index is 1510. The zero-order valence-electron chi connectivity index (χ0n) is 35.8. The first-order valence-corrected chi connectivity index (χ1v) is 20.1. The Morgan fingerprint density at radius 2 is 0.933 bits per heavy atom. The van der Waals surface area contributed by atoms with Crippen LogP contribution in [-0.2, 0) is 47.9 Å². The van der Waals surface area contributed by atoms with E-state index < -0.39 is 133 Å². The molecule has 14 N–H and O–H groups in total. The Morgan fingerprint density at radius 3 is 1.37 bits per heavy atom. The topological polar surface area (TPSA) is 368 Å². The maximum absolute atomic E-state index is 13.7. The van der Waals surface area contributed by atoms with E-state index >= 15 is 0 Å². The molecule has 0 radical (unpaired) electrons. The van der Waals surface area contributed by atoms with Crippen LogP contribution in [0.2, 0.25) is 0 Å². The van der Waals surface area contributed by atoms with Gasteiger partial charge in [0.05, 0.1) is 12.5 Å². The lowest BCUT2D eigenvalue weighted by Crippen LogP contribution is -2.61. The highest BCUT2D eigenvalue weighted by molar-refractivity contribution is 5.98. The van der Waals surface area contributed by atoms with Crippen molar-refractivity contribution in [3.05, 3.63) is 0 Å². The molecule has 0 fully saturated rings. The summed E-state index contributed by atoms with van der Waals surface area (Å²) in [5.74, 6) is -11.2. The second kappa shape index (κ2) is 27.4. The Morgan fingerprint density at radius 1 is 0.483 bits per heavy atom. The predicted octanol–water partition coefficient (Wildman–Crippen LogP) is -1.95. The zero-order valence-corrected chi connectivity index (χ0v) is 35.8. The van der Waals surface area contributed by atoms with E-state index in [4.69, 9.17) is 16.6 Å². The molecule has 0 aromatic heterocycles. The number of nitrogens with one attached hydrogen (secondary N) is 7. The lowest BCUT2D eigenvalue weighted by atomic mass is 9.99. The highest BCUT2D eigenvalue weighted by atomic mass is 16.4. The van der Waals surface area contributed by atoms with Gasteiger partial charge in [0.25, 0.3) is 0 Å². The van der Waals surface area contributed by atoms with Gasteiger partial charge in [-0.25, -0.2) is 4.79 Å². The van der Waals surface area contributed by atoms with Gasteiger partial charge in [0, 0.05) is 6.42 Å². The largest absolute Gasteiger partial charge is 0.481 e. The fourth-order valence-corrected chi connectivity index (χ4v) is 5.65. The van der Waals surface area contributed by atoms with Gasteiger partial charge in [0.15, 0.2) is 0 Å². The lowest BCUT2D eigenvalue weighted by Gasteiger charge is -2.29. The molecule has 0 aliphatic carbocycles. The van der Waals surface area contributed by atoms with E-state index in [1.54, 1.807) is 41.5 Å². The number of unbranched alkanes of at least 4 members (excludes halogenated alkanes) is 1. The normalized spacial score (nSPS) is 15.2. The molecule has 60 heavy (non-hydrogen) atoms. The third-order valence-electron chi connectivity index (χ3n) is 8.95. The van der Waals surface area contributed by atoms with Crippen molar-refractivity contribution >= 4 is 59.3 Å². The van der Waals surface area contributed by atoms with E-state index in [9.17, 15) is 58.2 Å². The summed E-state index contributed by atoms with van der Waals surface area (Å²) in [5.41, 5.74) is 11.2. The van der Waals surface area contributed by atoms with Crippen molar-refractivity contribution in [3.8, 4) is 0 Å². The second-order valence-corrected chi connectivity index (χ2v) is 16.0. The Kier molecular flexibility index (Phi) is 24.9. The van der Waals surface area contributed by atoms with Crippen LogP contribution < -0.4 is 48.7 Å². The second-order valence-electron chi connectivity index (χ2n) is 16.0. The molecule has 22 nitrogen and oxygen atoms in total. The fourth-order valence-electron chi connectivity index (χ4n) is 5.65. The molecule has 0 heterocycles. The minimum absolute atomic E-state index is 0.0114. The van der Waals surface area contributed by atoms with Crippen LogP contribution in [0.5, 0.6) is 0 Å². The van der Waals surface area contributed by atoms with Crippen molar-refractivity contribution in [1.82, 2.24) is 37.2 Å². The minimum Gasteiger partial charge on any atom is -0.481 e. The van der Waals surface area contributed by atoms with E-state index in [1.807, 2.05) is 0 Å². The van der Waals surface area contributed by atoms with Gasteiger partial charge < -0.3 is 64.0 Å². The monoisotopic (exact) mass is 857 g/mol. The summed E-state index contributed by atoms with van der Waals surface area (Å²) in [4.78, 5) is 128. The predicted molar refractivity (Wildman–Crippen MR) is 216 cm³/mol. The first-order valence-electron chi connectivity index (χ1n) is 20.1. The average Bonchev–Trinajstić information content (AvgIpc) is 3.12. The molecule has 0 aliphatic heterocycles. The van der Waals surface area contributed by atoms with Gasteiger partial charge in [-0.15, -0.1) is 0 Å². The number of carbonyl (C=O) groups is 10. The summed E-state index contributed by atoms with van der Waals surface area (Å²) in [6.07, 6.45) is -1.26. The smallest absolute Gasteiger partial charge is 0.326 e. The lowest BCUT2D eigenvalue weighted by molar-refractivity contribution is -0.143. The number of nitrogens with two attached hydrogens (primary N) is 2. The van der Waals surface area contributed by atoms with Crippen LogP contribution in [0.15, 0.2) is 0 Å². The summed E-state index contributed by atoms with van der Waals surface area (Å²) in [7, 11) is 0. The number of aliphatic carboxylic acids is 3. The number of carboxylic acids is 3. The quantitative estimate of drug-likeness (QED) is 0.0364. The van der Waals surface area contributed by atoms with Gasteiger partial charge in [-0.3, -0.25) is 43.2 Å². The van der Waals surface area contributed by atoms with Gasteiger partial charge in [0.1, 0.15) is 42.3 Å². The number of carbonyl (C=O) groups excluding carboxylic acids is 7. The van der Waals surface area contributed by atoms with Crippen molar-refractivity contribution in [2.75, 3.05) is 6.54 Å². The molecule has 0 aromatic rings. The molecule has 0 bridgehead atoms. The van der Waals surface area contributed by atoms with E-state index in [0.717, 1.165) is 0 Å². The van der Waals surface area contributed by atoms with Crippen molar-refractivity contribution in [1.29, 1.82) is 0 Å². The number of hydrogen-bond acceptors (Lipinski definition) is 12. The van der Waals surface area contributed by atoms with Gasteiger partial charge >= 0.3 is 17.9 Å². The molecule has 7 amide bonds. The first kappa shape index (κ1) is 54.6. The molecule has 342 valence electrons. The number of carboxylic acid groups (broad SMARTS) is 3. The Hall–Kier alpha value is -5.38. The van der Waals surface area contributed by atoms with E-state index in [0.29, 0.717) is 6.42 Å². The average molecular weight is 858 g/mol. The molecule has 0 saturated heterocycles. The Balaban J connectivity index is 6.39. The van der Waals surface area contributed by atoms with Crippen LogP contribution in [0, 0.1) is 17.8 Å². The van der Waals surface area contributed by atoms with Crippen molar-refractivity contribution in [2.24, 2.45) is 29.2 Å². The SMILES string of the molecule is CC(C)C[C@H](NC(=O)[C@H](CCCCN)NC(=O)[C@H](CC(=O)O)NC(=O)[C@H](CC(C)C)NC(=O)[C@@H](NC(=O)[C@H](C)NC(=O)[C@H](C)N)C(C)C)C(=O)N[C@@H](CCC(=O)O)C(=O)O. The molecule has 0 aromatic carbocycles. The van der Waals surface area contributed by atoms with Gasteiger partial charge in [0.2, 0.25) is 41.4 Å². The number of hydrogen-bond donors (Lipinski definition) is 12. The maximum atomic E-state index is 13.7. The molecule has 0 saturated carbocycles. The van der Waals surface area contributed by atoms with Crippen LogP contribution in [0.3, 0.4) is 0 Å². The van der Waals surface area contributed by atoms with Crippen molar-refractivity contribution < 1.29 is 63.3 Å². The first-order chi connectivity index (χ1) is 27.8. The van der Waals surface area contributed by atoms with Crippen LogP contribution in [0.4, 0.5) is 0 Å². The van der Waals surface area contributed by atoms with Crippen LogP contribution >= 0.6 is 0 Å². The standard InChI is InChI=1S/C38H67N9O13/c1-18(2)15-25(34(55)43-24(38(59)60)12-13-28(48)49)44-33(54)23(11-9-10-14-39)42-36(57)27(17-29(50)51)45-35(56)26(16-19(3)4)46-37(58)30(20(5)6)47-32(53)22(8)41-31(52)21(7)40/h18-27,30H,9-17,39-40H2,1-8H3,(H,41,52)(H,42,57)(H,43,55)(H,44,54)(H,45,56)(H,46,58)(H,47,53)(H,48,49)(H,50,51)(H,59,60)/t21-,22-,23-,24-,25-,26-,27-,30-/m0/s1. The van der Waals surface area contributed by atoms with Crippen molar-refractivity contribution in [2.45, 2.75) is 155 Å². The third-order valence-corrected chi connectivity index (χ3v) is 8.95. The van der Waals surface area contributed by atoms with Crippen LogP contribution in [-0.4, -0.2) is 129 Å². The molecule has 0 aliphatic rings. The van der Waals surface area contributed by atoms with Crippen LogP contribution in [0.25, 0.3) is 0 Å². The fraction of sp³-hybridized carbons (Fsp3) is 0.737. The third kappa shape index (κ3) is 21.6.